The average molecular weight is 478 g/mol. The number of rotatable bonds is 12. The normalized spacial score (nSPS) is 13.8. The van der Waals surface area contributed by atoms with Gasteiger partial charge >= 0.3 is 5.97 Å². The lowest BCUT2D eigenvalue weighted by molar-refractivity contribution is -0.142. The molecule has 3 unspecified atom stereocenters. The topological polar surface area (TPSA) is 166 Å². The third-order valence-corrected chi connectivity index (χ3v) is 5.42. The average Bonchev–Trinajstić information content (AvgIpc) is 3.18. The van der Waals surface area contributed by atoms with Gasteiger partial charge in [-0.15, -0.1) is 0 Å². The summed E-state index contributed by atoms with van der Waals surface area (Å²) in [7, 11) is 0. The minimum Gasteiger partial charge on any atom is -0.480 e. The summed E-state index contributed by atoms with van der Waals surface area (Å²) >= 11 is 3.93. The molecule has 2 rings (SSSR count). The Kier molecular flexibility index (Phi) is 9.74. The molecule has 10 nitrogen and oxygen atoms in total. The van der Waals surface area contributed by atoms with Crippen molar-refractivity contribution in [3.05, 3.63) is 36.0 Å². The first kappa shape index (κ1) is 26.2. The number of carbonyl (C=O) groups is 4. The second-order valence-electron chi connectivity index (χ2n) is 8.22. The molecule has 1 heterocycles. The molecule has 0 aliphatic rings. The first-order valence-corrected chi connectivity index (χ1v) is 11.3. The van der Waals surface area contributed by atoms with Gasteiger partial charge in [0.25, 0.3) is 0 Å². The van der Waals surface area contributed by atoms with E-state index in [-0.39, 0.29) is 24.6 Å². The van der Waals surface area contributed by atoms with Gasteiger partial charge in [0.15, 0.2) is 0 Å². The number of hydrogen-bond acceptors (Lipinski definition) is 6. The first-order valence-electron chi connectivity index (χ1n) is 10.6. The van der Waals surface area contributed by atoms with Gasteiger partial charge in [0.1, 0.15) is 12.1 Å². The number of aliphatic carboxylic acids is 1. The molecule has 1 aromatic carbocycles. The van der Waals surface area contributed by atoms with Crippen LogP contribution in [-0.2, 0) is 25.6 Å². The van der Waals surface area contributed by atoms with E-state index in [1.54, 1.807) is 6.20 Å². The molecule has 0 aliphatic heterocycles. The van der Waals surface area contributed by atoms with Crippen LogP contribution in [0.15, 0.2) is 30.5 Å². The van der Waals surface area contributed by atoms with E-state index in [0.29, 0.717) is 6.42 Å². The number of aromatic nitrogens is 1. The number of amides is 3. The summed E-state index contributed by atoms with van der Waals surface area (Å²) in [5.41, 5.74) is 7.17. The third kappa shape index (κ3) is 7.79. The van der Waals surface area contributed by atoms with Gasteiger partial charge in [0.2, 0.25) is 17.7 Å². The first-order chi connectivity index (χ1) is 15.6. The Morgan fingerprint density at radius 3 is 2.42 bits per heavy atom. The van der Waals surface area contributed by atoms with Crippen molar-refractivity contribution in [2.45, 2.75) is 44.8 Å². The maximum absolute atomic E-state index is 12.9. The van der Waals surface area contributed by atoms with Crippen LogP contribution < -0.4 is 21.7 Å². The van der Waals surface area contributed by atoms with Gasteiger partial charge in [0, 0.05) is 29.3 Å². The van der Waals surface area contributed by atoms with Gasteiger partial charge in [-0.2, -0.15) is 12.6 Å². The van der Waals surface area contributed by atoms with Gasteiger partial charge < -0.3 is 31.8 Å². The molecule has 0 radical (unpaired) electrons. The second kappa shape index (κ2) is 12.3. The summed E-state index contributed by atoms with van der Waals surface area (Å²) in [5.74, 6) is -2.74. The molecule has 1 aromatic heterocycles. The largest absolute Gasteiger partial charge is 0.480 e. The zero-order valence-corrected chi connectivity index (χ0v) is 19.5. The Hall–Kier alpha value is -3.05. The maximum atomic E-state index is 12.9. The van der Waals surface area contributed by atoms with Crippen molar-refractivity contribution < 1.29 is 24.3 Å². The number of carboxylic acids is 1. The fraction of sp³-hybridized carbons (Fsp3) is 0.455. The van der Waals surface area contributed by atoms with Crippen LogP contribution in [0.25, 0.3) is 10.9 Å². The number of carboxylic acid groups (broad SMARTS) is 1. The molecular weight excluding hydrogens is 446 g/mol. The number of aromatic amines is 1. The number of benzene rings is 1. The van der Waals surface area contributed by atoms with E-state index in [9.17, 15) is 24.3 Å². The van der Waals surface area contributed by atoms with E-state index in [1.807, 2.05) is 38.1 Å². The maximum Gasteiger partial charge on any atom is 0.326 e. The molecule has 3 amide bonds. The smallest absolute Gasteiger partial charge is 0.326 e. The summed E-state index contributed by atoms with van der Waals surface area (Å²) in [6.45, 7) is 3.39. The zero-order chi connectivity index (χ0) is 24.5. The summed E-state index contributed by atoms with van der Waals surface area (Å²) in [4.78, 5) is 51.9. The number of hydrogen-bond donors (Lipinski definition) is 7. The number of para-hydroxylation sites is 1. The van der Waals surface area contributed by atoms with Gasteiger partial charge in [0.05, 0.1) is 12.6 Å². The molecule has 0 aliphatic carbocycles. The highest BCUT2D eigenvalue weighted by molar-refractivity contribution is 7.80. The SMILES string of the molecule is CC(C)CC(NC(=O)CNC(=O)C(N)CS)C(=O)NC(Cc1c[nH]c2ccccc12)C(=O)O. The highest BCUT2D eigenvalue weighted by atomic mass is 32.1. The second-order valence-corrected chi connectivity index (χ2v) is 8.58. The zero-order valence-electron chi connectivity index (χ0n) is 18.6. The highest BCUT2D eigenvalue weighted by Crippen LogP contribution is 2.19. The lowest BCUT2D eigenvalue weighted by Crippen LogP contribution is -2.54. The molecule has 0 saturated carbocycles. The summed E-state index contributed by atoms with van der Waals surface area (Å²) < 4.78 is 0. The van der Waals surface area contributed by atoms with Crippen molar-refractivity contribution in [2.75, 3.05) is 12.3 Å². The number of nitrogens with two attached hydrogens (primary N) is 1. The van der Waals surface area contributed by atoms with E-state index in [0.717, 1.165) is 16.5 Å². The Morgan fingerprint density at radius 2 is 1.79 bits per heavy atom. The predicted octanol–water partition coefficient (Wildman–Crippen LogP) is 0.184. The van der Waals surface area contributed by atoms with Crippen LogP contribution in [0.4, 0.5) is 0 Å². The molecule has 0 bridgehead atoms. The van der Waals surface area contributed by atoms with Crippen molar-refractivity contribution in [3.63, 3.8) is 0 Å². The number of nitrogens with one attached hydrogen (secondary N) is 4. The Bertz CT molecular complexity index is 992. The van der Waals surface area contributed by atoms with E-state index >= 15 is 0 Å². The van der Waals surface area contributed by atoms with E-state index in [2.05, 4.69) is 33.6 Å². The minimum atomic E-state index is -1.18. The van der Waals surface area contributed by atoms with Gasteiger partial charge in [-0.05, 0) is 24.0 Å². The van der Waals surface area contributed by atoms with Crippen LogP contribution in [-0.4, -0.2) is 64.2 Å². The van der Waals surface area contributed by atoms with Gasteiger partial charge in [-0.1, -0.05) is 32.0 Å². The van der Waals surface area contributed by atoms with Crippen LogP contribution in [0, 0.1) is 5.92 Å². The molecule has 180 valence electrons. The fourth-order valence-electron chi connectivity index (χ4n) is 3.32. The Labute approximate surface area is 197 Å². The molecule has 0 spiro atoms. The quantitative estimate of drug-likeness (QED) is 0.215. The minimum absolute atomic E-state index is 0.0464. The molecule has 11 heteroatoms. The van der Waals surface area contributed by atoms with Crippen LogP contribution in [0.1, 0.15) is 25.8 Å². The van der Waals surface area contributed by atoms with Crippen molar-refractivity contribution in [3.8, 4) is 0 Å². The Morgan fingerprint density at radius 1 is 1.09 bits per heavy atom. The highest BCUT2D eigenvalue weighted by Gasteiger charge is 2.28. The molecule has 2 aromatic rings. The molecule has 3 atom stereocenters. The van der Waals surface area contributed by atoms with Crippen LogP contribution >= 0.6 is 12.6 Å². The number of H-pyrrole nitrogens is 1. The molecule has 0 fully saturated rings. The summed E-state index contributed by atoms with van der Waals surface area (Å²) in [6, 6.07) is 4.48. The van der Waals surface area contributed by atoms with Gasteiger partial charge in [-0.25, -0.2) is 4.79 Å². The molecular formula is C22H31N5O5S. The van der Waals surface area contributed by atoms with Crippen LogP contribution in [0.5, 0.6) is 0 Å². The lowest BCUT2D eigenvalue weighted by atomic mass is 10.0. The summed E-state index contributed by atoms with van der Waals surface area (Å²) in [6.07, 6.45) is 2.09. The number of carbonyl (C=O) groups excluding carboxylic acids is 3. The van der Waals surface area contributed by atoms with Gasteiger partial charge in [-0.3, -0.25) is 14.4 Å². The molecule has 7 N–H and O–H groups in total. The molecule has 0 saturated heterocycles. The lowest BCUT2D eigenvalue weighted by Gasteiger charge is -2.23. The number of thiol groups is 1. The Balaban J connectivity index is 2.05. The number of fused-ring (bicyclic) bond motifs is 1. The predicted molar refractivity (Wildman–Crippen MR) is 128 cm³/mol. The van der Waals surface area contributed by atoms with Crippen molar-refractivity contribution in [2.24, 2.45) is 11.7 Å². The fourth-order valence-corrected chi connectivity index (χ4v) is 3.49. The third-order valence-electron chi connectivity index (χ3n) is 5.03. The van der Waals surface area contributed by atoms with Crippen molar-refractivity contribution in [1.82, 2.24) is 20.9 Å². The van der Waals surface area contributed by atoms with Crippen LogP contribution in [0.2, 0.25) is 0 Å². The van der Waals surface area contributed by atoms with E-state index in [1.165, 1.54) is 0 Å². The van der Waals surface area contributed by atoms with Crippen LogP contribution in [0.3, 0.4) is 0 Å². The monoisotopic (exact) mass is 477 g/mol. The van der Waals surface area contributed by atoms with Crippen molar-refractivity contribution >= 4 is 47.2 Å². The molecule has 33 heavy (non-hydrogen) atoms. The van der Waals surface area contributed by atoms with E-state index in [4.69, 9.17) is 5.73 Å². The van der Waals surface area contributed by atoms with Crippen molar-refractivity contribution in [1.29, 1.82) is 0 Å². The standard InChI is InChI=1S/C22H31N5O5S/c1-12(2)7-17(26-19(28)10-25-20(29)15(23)11-33)21(30)27-18(22(31)32)8-13-9-24-16-6-4-3-5-14(13)16/h3-6,9,12,15,17-18,24,33H,7-8,10-11,23H2,1-2H3,(H,25,29)(H,26,28)(H,27,30)(H,31,32). The summed E-state index contributed by atoms with van der Waals surface area (Å²) in [5, 5.41) is 18.0. The van der Waals surface area contributed by atoms with E-state index < -0.39 is 41.8 Å².